The largest absolute Gasteiger partial charge is 0.618 e. The number of pyridine rings is 2. The van der Waals surface area contributed by atoms with Crippen LogP contribution in [0.3, 0.4) is 0 Å². The molecule has 1 amide bonds. The van der Waals surface area contributed by atoms with Crippen LogP contribution < -0.4 is 10.3 Å². The lowest BCUT2D eigenvalue weighted by molar-refractivity contribution is -0.577. The molecule has 14 heteroatoms. The smallest absolute Gasteiger partial charge is 0.416 e. The number of rotatable bonds is 4. The Morgan fingerprint density at radius 1 is 1.00 bits per heavy atom. The number of hydrogen-bond acceptors (Lipinski definition) is 4. The standard InChI is InChI=1S/C30H23F6N3O5/c1-16-8-10-38-25(26(40)37(14-16)15-17-11-20(29(31,32)33)13-21(12-17)30(34,35)36)23(18-4-6-19(7-5-18)28(42)43)22-3-2-9-39(44)24(22)27(38)41/h2-7,9,11-13,16H,8,10,14-15H2,1H3,(H,42,43)/t16-/m1/s1. The minimum absolute atomic E-state index is 0.000519. The van der Waals surface area contributed by atoms with E-state index in [2.05, 4.69) is 0 Å². The average Bonchev–Trinajstić information content (AvgIpc) is 2.94. The molecule has 1 atom stereocenters. The van der Waals surface area contributed by atoms with E-state index in [0.717, 1.165) is 15.7 Å². The Balaban J connectivity index is 1.74. The lowest BCUT2D eigenvalue weighted by atomic mass is 9.95. The van der Waals surface area contributed by atoms with E-state index < -0.39 is 53.0 Å². The average molecular weight is 620 g/mol. The number of hydrogen-bond donors (Lipinski definition) is 1. The van der Waals surface area contributed by atoms with E-state index in [4.69, 9.17) is 0 Å². The van der Waals surface area contributed by atoms with Gasteiger partial charge in [0.1, 0.15) is 5.69 Å². The summed E-state index contributed by atoms with van der Waals surface area (Å²) in [7, 11) is 0. The van der Waals surface area contributed by atoms with Crippen molar-refractivity contribution in [2.75, 3.05) is 6.54 Å². The molecule has 0 aliphatic carbocycles. The fourth-order valence-corrected chi connectivity index (χ4v) is 5.42. The van der Waals surface area contributed by atoms with E-state index >= 15 is 0 Å². The third-order valence-corrected chi connectivity index (χ3v) is 7.49. The van der Waals surface area contributed by atoms with Crippen LogP contribution in [0.5, 0.6) is 0 Å². The number of halogens is 6. The number of nitrogens with zero attached hydrogens (tertiary/aromatic N) is 3. The molecule has 0 fully saturated rings. The maximum absolute atomic E-state index is 14.3. The van der Waals surface area contributed by atoms with Gasteiger partial charge in [-0.05, 0) is 59.9 Å². The molecule has 1 N–H and O–H groups in total. The summed E-state index contributed by atoms with van der Waals surface area (Å²) in [5, 5.41) is 22.2. The Morgan fingerprint density at radius 2 is 1.61 bits per heavy atom. The number of carboxylic acid groups (broad SMARTS) is 1. The van der Waals surface area contributed by atoms with Crippen molar-refractivity contribution in [2.24, 2.45) is 5.92 Å². The fourth-order valence-electron chi connectivity index (χ4n) is 5.42. The fraction of sp³-hybridized carbons (Fsp3) is 0.267. The van der Waals surface area contributed by atoms with Gasteiger partial charge in [0.2, 0.25) is 0 Å². The van der Waals surface area contributed by atoms with Crippen LogP contribution >= 0.6 is 0 Å². The molecule has 8 nitrogen and oxygen atoms in total. The number of aromatic carboxylic acids is 1. The molecule has 0 unspecified atom stereocenters. The predicted molar refractivity (Wildman–Crippen MR) is 145 cm³/mol. The maximum atomic E-state index is 14.3. The second-order valence-electron chi connectivity index (χ2n) is 10.7. The van der Waals surface area contributed by atoms with Gasteiger partial charge in [-0.2, -0.15) is 31.1 Å². The van der Waals surface area contributed by atoms with E-state index in [9.17, 15) is 51.0 Å². The summed E-state index contributed by atoms with van der Waals surface area (Å²) in [5.41, 5.74) is -4.56. The normalized spacial score (nSPS) is 16.0. The van der Waals surface area contributed by atoms with Gasteiger partial charge in [0, 0.05) is 31.3 Å². The molecular weight excluding hydrogens is 596 g/mol. The zero-order chi connectivity index (χ0) is 32.1. The van der Waals surface area contributed by atoms with Gasteiger partial charge >= 0.3 is 23.9 Å². The quantitative estimate of drug-likeness (QED) is 0.179. The highest BCUT2D eigenvalue weighted by Crippen LogP contribution is 2.37. The van der Waals surface area contributed by atoms with Crippen LogP contribution in [0.2, 0.25) is 0 Å². The van der Waals surface area contributed by atoms with E-state index in [1.165, 1.54) is 36.4 Å². The van der Waals surface area contributed by atoms with Crippen molar-refractivity contribution in [3.8, 4) is 11.1 Å². The molecule has 44 heavy (non-hydrogen) atoms. The lowest BCUT2D eigenvalue weighted by Gasteiger charge is -2.32. The van der Waals surface area contributed by atoms with Crippen LogP contribution in [-0.2, 0) is 25.4 Å². The first-order valence-corrected chi connectivity index (χ1v) is 13.3. The molecule has 5 rings (SSSR count). The summed E-state index contributed by atoms with van der Waals surface area (Å²) < 4.78 is 82.8. The molecule has 0 saturated carbocycles. The Labute approximate surface area is 245 Å². The molecule has 0 bridgehead atoms. The Bertz CT molecular complexity index is 1820. The Kier molecular flexibility index (Phi) is 7.64. The number of aromatic nitrogens is 2. The second-order valence-corrected chi connectivity index (χ2v) is 10.7. The van der Waals surface area contributed by atoms with Gasteiger partial charge in [0.25, 0.3) is 11.4 Å². The molecule has 1 aliphatic rings. The van der Waals surface area contributed by atoms with Gasteiger partial charge in [-0.1, -0.05) is 19.1 Å². The van der Waals surface area contributed by atoms with Crippen molar-refractivity contribution in [3.63, 3.8) is 0 Å². The molecule has 0 spiro atoms. The summed E-state index contributed by atoms with van der Waals surface area (Å²) >= 11 is 0. The van der Waals surface area contributed by atoms with Crippen LogP contribution in [0, 0.1) is 11.1 Å². The molecule has 3 heterocycles. The topological polar surface area (TPSA) is 107 Å². The summed E-state index contributed by atoms with van der Waals surface area (Å²) in [6.07, 6.45) is -8.81. The molecule has 2 aromatic heterocycles. The molecule has 0 radical (unpaired) electrons. The number of carboxylic acids is 1. The molecule has 230 valence electrons. The first-order chi connectivity index (χ1) is 20.6. The zero-order valence-electron chi connectivity index (χ0n) is 22.9. The summed E-state index contributed by atoms with van der Waals surface area (Å²) in [4.78, 5) is 40.5. The van der Waals surface area contributed by atoms with Gasteiger partial charge in [-0.15, -0.1) is 0 Å². The summed E-state index contributed by atoms with van der Waals surface area (Å²) in [5.74, 6) is -2.43. The maximum Gasteiger partial charge on any atom is 0.416 e. The number of fused-ring (bicyclic) bond motifs is 2. The van der Waals surface area contributed by atoms with Gasteiger partial charge in [0.05, 0.1) is 22.1 Å². The van der Waals surface area contributed by atoms with E-state index in [1.54, 1.807) is 6.92 Å². The van der Waals surface area contributed by atoms with Crippen LogP contribution in [-0.4, -0.2) is 33.0 Å². The number of alkyl halides is 6. The van der Waals surface area contributed by atoms with Crippen molar-refractivity contribution in [3.05, 3.63) is 104 Å². The van der Waals surface area contributed by atoms with E-state index in [1.807, 2.05) is 0 Å². The Hall–Kier alpha value is -4.88. The lowest BCUT2D eigenvalue weighted by Crippen LogP contribution is -2.43. The number of carbonyl (C=O) groups is 2. The minimum atomic E-state index is -5.09. The van der Waals surface area contributed by atoms with Gasteiger partial charge in [0.15, 0.2) is 6.20 Å². The van der Waals surface area contributed by atoms with Crippen LogP contribution in [0.15, 0.2) is 65.6 Å². The van der Waals surface area contributed by atoms with E-state index in [-0.39, 0.29) is 64.8 Å². The summed E-state index contributed by atoms with van der Waals surface area (Å²) in [6, 6.07) is 9.14. The third-order valence-electron chi connectivity index (χ3n) is 7.49. The van der Waals surface area contributed by atoms with E-state index in [0.29, 0.717) is 16.9 Å². The SMILES string of the molecule is C[C@@H]1CCn2c(c(-c3ccc(C(=O)O)cc3)c3ccc[n+]([O-])c3c2=O)C(=O)N(Cc2cc(C(F)(F)F)cc(C(F)(F)F)c2)C1. The van der Waals surface area contributed by atoms with Crippen molar-refractivity contribution in [2.45, 2.75) is 38.8 Å². The van der Waals surface area contributed by atoms with Crippen molar-refractivity contribution >= 4 is 22.8 Å². The number of carbonyl (C=O) groups excluding carboxylic acids is 1. The first-order valence-electron chi connectivity index (χ1n) is 13.3. The predicted octanol–water partition coefficient (Wildman–Crippen LogP) is 5.72. The van der Waals surface area contributed by atoms with Crippen LogP contribution in [0.1, 0.15) is 50.9 Å². The number of benzene rings is 2. The highest BCUT2D eigenvalue weighted by Gasteiger charge is 2.38. The Morgan fingerprint density at radius 3 is 2.18 bits per heavy atom. The monoisotopic (exact) mass is 619 g/mol. The molecule has 4 aromatic rings. The van der Waals surface area contributed by atoms with Crippen LogP contribution in [0.4, 0.5) is 26.3 Å². The first kappa shape index (κ1) is 30.6. The molecule has 2 aromatic carbocycles. The van der Waals surface area contributed by atoms with Crippen molar-refractivity contribution in [1.29, 1.82) is 0 Å². The van der Waals surface area contributed by atoms with Gasteiger partial charge < -0.3 is 15.2 Å². The van der Waals surface area contributed by atoms with Crippen molar-refractivity contribution < 1.29 is 45.8 Å². The number of amides is 1. The summed E-state index contributed by atoms with van der Waals surface area (Å²) in [6.45, 7) is 0.998. The minimum Gasteiger partial charge on any atom is -0.618 e. The zero-order valence-corrected chi connectivity index (χ0v) is 22.9. The molecule has 1 aliphatic heterocycles. The van der Waals surface area contributed by atoms with Gasteiger partial charge in [-0.25, -0.2) is 4.79 Å². The van der Waals surface area contributed by atoms with Gasteiger partial charge in [-0.3, -0.25) is 14.2 Å². The molecule has 0 saturated heterocycles. The highest BCUT2D eigenvalue weighted by atomic mass is 19.4. The van der Waals surface area contributed by atoms with Crippen LogP contribution in [0.25, 0.3) is 22.0 Å². The third kappa shape index (κ3) is 5.71. The molecular formula is C30H23F6N3O5. The van der Waals surface area contributed by atoms with Crippen molar-refractivity contribution in [1.82, 2.24) is 9.47 Å². The highest BCUT2D eigenvalue weighted by molar-refractivity contribution is 6.07. The second kappa shape index (κ2) is 11.0.